The van der Waals surface area contributed by atoms with E-state index in [4.69, 9.17) is 5.73 Å². The molecule has 0 unspecified atom stereocenters. The maximum atomic E-state index is 12.3. The number of benzene rings is 1. The Morgan fingerprint density at radius 2 is 1.70 bits per heavy atom. The number of amides is 1. The van der Waals surface area contributed by atoms with Gasteiger partial charge in [0.15, 0.2) is 0 Å². The number of nitrogens with zero attached hydrogens (tertiary/aromatic N) is 1. The van der Waals surface area contributed by atoms with Gasteiger partial charge in [0.25, 0.3) is 0 Å². The molecule has 112 valence electrons. The minimum Gasteiger partial charge on any atom is -0.399 e. The van der Waals surface area contributed by atoms with Crippen LogP contribution in [0.5, 0.6) is 0 Å². The molecular weight excluding hydrogens is 272 g/mol. The summed E-state index contributed by atoms with van der Waals surface area (Å²) in [5, 5.41) is 0. The van der Waals surface area contributed by atoms with Crippen molar-refractivity contribution in [2.24, 2.45) is 0 Å². The van der Waals surface area contributed by atoms with Crippen LogP contribution in [0.3, 0.4) is 0 Å². The highest BCUT2D eigenvalue weighted by Crippen LogP contribution is 2.21. The Morgan fingerprint density at radius 3 is 2.25 bits per heavy atom. The molecule has 0 bridgehead atoms. The summed E-state index contributed by atoms with van der Waals surface area (Å²) in [5.74, 6) is 0.219. The van der Waals surface area contributed by atoms with Crippen LogP contribution in [-0.4, -0.2) is 23.9 Å². The van der Waals surface area contributed by atoms with Crippen molar-refractivity contribution >= 4 is 24.0 Å². The number of rotatable bonds is 3. The van der Waals surface area contributed by atoms with Gasteiger partial charge in [-0.25, -0.2) is 0 Å². The second kappa shape index (κ2) is 8.15. The molecule has 0 heterocycles. The first kappa shape index (κ1) is 16.8. The number of halogens is 1. The van der Waals surface area contributed by atoms with Gasteiger partial charge in [-0.2, -0.15) is 0 Å². The van der Waals surface area contributed by atoms with E-state index in [1.165, 1.54) is 25.7 Å². The van der Waals surface area contributed by atoms with Gasteiger partial charge in [0, 0.05) is 18.8 Å². The average Bonchev–Trinajstić information content (AvgIpc) is 2.69. The minimum absolute atomic E-state index is 0. The van der Waals surface area contributed by atoms with Gasteiger partial charge < -0.3 is 10.6 Å². The van der Waals surface area contributed by atoms with Gasteiger partial charge in [-0.15, -0.1) is 12.4 Å². The van der Waals surface area contributed by atoms with Crippen molar-refractivity contribution < 1.29 is 4.79 Å². The summed E-state index contributed by atoms with van der Waals surface area (Å²) in [7, 11) is 1.95. The summed E-state index contributed by atoms with van der Waals surface area (Å²) in [6.07, 6.45) is 7.93. The number of hydrogen-bond donors (Lipinski definition) is 1. The van der Waals surface area contributed by atoms with Crippen molar-refractivity contribution in [1.29, 1.82) is 0 Å². The van der Waals surface area contributed by atoms with E-state index in [0.29, 0.717) is 12.5 Å². The molecule has 0 aromatic heterocycles. The van der Waals surface area contributed by atoms with Gasteiger partial charge in [-0.1, -0.05) is 37.8 Å². The maximum Gasteiger partial charge on any atom is 0.226 e. The Morgan fingerprint density at radius 1 is 1.15 bits per heavy atom. The Bertz CT molecular complexity index is 411. The fourth-order valence-electron chi connectivity index (χ4n) is 2.78. The highest BCUT2D eigenvalue weighted by Gasteiger charge is 2.20. The third-order valence-corrected chi connectivity index (χ3v) is 4.10. The van der Waals surface area contributed by atoms with E-state index in [0.717, 1.165) is 24.1 Å². The predicted octanol–water partition coefficient (Wildman–Crippen LogP) is 3.41. The number of nitrogens with two attached hydrogens (primary N) is 1. The van der Waals surface area contributed by atoms with E-state index in [2.05, 4.69) is 0 Å². The number of likely N-dealkylation sites (N-methyl/N-ethyl adjacent to an activating group) is 1. The fourth-order valence-corrected chi connectivity index (χ4v) is 2.78. The van der Waals surface area contributed by atoms with E-state index in [9.17, 15) is 4.79 Å². The first-order valence-electron chi connectivity index (χ1n) is 7.27. The Balaban J connectivity index is 0.00000200. The molecular formula is C16H25ClN2O. The SMILES string of the molecule is CN(C(=O)Cc1ccc(N)cc1)C1CCCCCC1.Cl. The van der Waals surface area contributed by atoms with Crippen molar-refractivity contribution in [3.63, 3.8) is 0 Å². The van der Waals surface area contributed by atoms with Crippen molar-refractivity contribution in [2.75, 3.05) is 12.8 Å². The van der Waals surface area contributed by atoms with Gasteiger partial charge in [0.1, 0.15) is 0 Å². The van der Waals surface area contributed by atoms with Gasteiger partial charge in [-0.3, -0.25) is 4.79 Å². The number of anilines is 1. The smallest absolute Gasteiger partial charge is 0.226 e. The third-order valence-electron chi connectivity index (χ3n) is 4.10. The topological polar surface area (TPSA) is 46.3 Å². The number of hydrogen-bond acceptors (Lipinski definition) is 2. The molecule has 0 radical (unpaired) electrons. The van der Waals surface area contributed by atoms with Crippen LogP contribution in [0.1, 0.15) is 44.1 Å². The zero-order valence-corrected chi connectivity index (χ0v) is 13.0. The molecule has 0 atom stereocenters. The Labute approximate surface area is 127 Å². The lowest BCUT2D eigenvalue weighted by Gasteiger charge is -2.27. The van der Waals surface area contributed by atoms with Crippen LogP contribution in [0.4, 0.5) is 5.69 Å². The quantitative estimate of drug-likeness (QED) is 0.686. The molecule has 20 heavy (non-hydrogen) atoms. The average molecular weight is 297 g/mol. The second-order valence-electron chi connectivity index (χ2n) is 5.57. The van der Waals surface area contributed by atoms with Crippen LogP contribution in [0, 0.1) is 0 Å². The molecule has 1 aliphatic carbocycles. The standard InChI is InChI=1S/C16H24N2O.ClH/c1-18(15-6-4-2-3-5-7-15)16(19)12-13-8-10-14(17)11-9-13;/h8-11,15H,2-7,12,17H2,1H3;1H. The third kappa shape index (κ3) is 4.71. The molecule has 1 aliphatic rings. The highest BCUT2D eigenvalue weighted by molar-refractivity contribution is 5.85. The maximum absolute atomic E-state index is 12.3. The van der Waals surface area contributed by atoms with Crippen molar-refractivity contribution in [1.82, 2.24) is 4.90 Å². The van der Waals surface area contributed by atoms with E-state index in [1.54, 1.807) is 0 Å². The van der Waals surface area contributed by atoms with Crippen LogP contribution in [0.2, 0.25) is 0 Å². The van der Waals surface area contributed by atoms with E-state index in [-0.39, 0.29) is 18.3 Å². The van der Waals surface area contributed by atoms with Gasteiger partial charge >= 0.3 is 0 Å². The Kier molecular flexibility index (Phi) is 6.86. The summed E-state index contributed by atoms with van der Waals surface area (Å²) < 4.78 is 0. The molecule has 1 saturated carbocycles. The van der Waals surface area contributed by atoms with Crippen molar-refractivity contribution in [3.8, 4) is 0 Å². The van der Waals surface area contributed by atoms with Crippen LogP contribution in [-0.2, 0) is 11.2 Å². The van der Waals surface area contributed by atoms with Gasteiger partial charge in [0.05, 0.1) is 6.42 Å². The molecule has 2 N–H and O–H groups in total. The highest BCUT2D eigenvalue weighted by atomic mass is 35.5. The summed E-state index contributed by atoms with van der Waals surface area (Å²) >= 11 is 0. The normalized spacial score (nSPS) is 16.1. The first-order chi connectivity index (χ1) is 9.16. The molecule has 4 heteroatoms. The zero-order valence-electron chi connectivity index (χ0n) is 12.2. The molecule has 1 amide bonds. The molecule has 3 nitrogen and oxygen atoms in total. The predicted molar refractivity (Wildman–Crippen MR) is 86.1 cm³/mol. The molecule has 1 aromatic rings. The van der Waals surface area contributed by atoms with Crippen molar-refractivity contribution in [2.45, 2.75) is 51.0 Å². The lowest BCUT2D eigenvalue weighted by atomic mass is 10.1. The summed E-state index contributed by atoms with van der Waals surface area (Å²) in [6.45, 7) is 0. The largest absolute Gasteiger partial charge is 0.399 e. The van der Waals surface area contributed by atoms with E-state index in [1.807, 2.05) is 36.2 Å². The van der Waals surface area contributed by atoms with Crippen molar-refractivity contribution in [3.05, 3.63) is 29.8 Å². The Hall–Kier alpha value is -1.22. The molecule has 0 spiro atoms. The molecule has 0 saturated heterocycles. The van der Waals surface area contributed by atoms with Crippen LogP contribution >= 0.6 is 12.4 Å². The zero-order chi connectivity index (χ0) is 13.7. The van der Waals surface area contributed by atoms with E-state index < -0.39 is 0 Å². The number of carbonyl (C=O) groups excluding carboxylic acids is 1. The molecule has 1 fully saturated rings. The first-order valence-corrected chi connectivity index (χ1v) is 7.27. The molecule has 2 rings (SSSR count). The lowest BCUT2D eigenvalue weighted by molar-refractivity contribution is -0.131. The van der Waals surface area contributed by atoms with E-state index >= 15 is 0 Å². The second-order valence-corrected chi connectivity index (χ2v) is 5.57. The summed E-state index contributed by atoms with van der Waals surface area (Å²) in [5.41, 5.74) is 7.44. The monoisotopic (exact) mass is 296 g/mol. The number of nitrogen functional groups attached to an aromatic ring is 1. The molecule has 1 aromatic carbocycles. The molecule has 0 aliphatic heterocycles. The number of carbonyl (C=O) groups is 1. The lowest BCUT2D eigenvalue weighted by Crippen LogP contribution is -2.37. The fraction of sp³-hybridized carbons (Fsp3) is 0.562. The van der Waals surface area contributed by atoms with Crippen LogP contribution in [0.15, 0.2) is 24.3 Å². The van der Waals surface area contributed by atoms with Crippen LogP contribution in [0.25, 0.3) is 0 Å². The van der Waals surface area contributed by atoms with Gasteiger partial charge in [-0.05, 0) is 30.5 Å². The van der Waals surface area contributed by atoms with Gasteiger partial charge in [0.2, 0.25) is 5.91 Å². The summed E-state index contributed by atoms with van der Waals surface area (Å²) in [6, 6.07) is 8.02. The minimum atomic E-state index is 0. The van der Waals surface area contributed by atoms with Crippen LogP contribution < -0.4 is 5.73 Å². The summed E-state index contributed by atoms with van der Waals surface area (Å²) in [4.78, 5) is 14.3.